The Morgan fingerprint density at radius 3 is 2.94 bits per heavy atom. The average Bonchev–Trinajstić information content (AvgIpc) is 2.34. The summed E-state index contributed by atoms with van der Waals surface area (Å²) in [4.78, 5) is 11.9. The van der Waals surface area contributed by atoms with Crippen LogP contribution in [-0.4, -0.2) is 16.3 Å². The van der Waals surface area contributed by atoms with Gasteiger partial charge in [-0.3, -0.25) is 4.79 Å². The van der Waals surface area contributed by atoms with Crippen LogP contribution in [0.25, 0.3) is 0 Å². The van der Waals surface area contributed by atoms with Gasteiger partial charge in [0.25, 0.3) is 0 Å². The maximum atomic E-state index is 11.9. The molecule has 4 nitrogen and oxygen atoms in total. The molecular weight excluding hydrogens is 216 g/mol. The molecule has 0 unspecified atom stereocenters. The van der Waals surface area contributed by atoms with E-state index >= 15 is 0 Å². The Labute approximate surface area is 101 Å². The standard InChI is InChI=1S/C13H20N2O2/c1-2-3-8-14-15-11-7-5-4-6-10(11)9-12(16)13(15)17/h9,14,16H,2-8H2,1H3. The first-order valence-corrected chi connectivity index (χ1v) is 6.44. The quantitative estimate of drug-likeness (QED) is 0.783. The van der Waals surface area contributed by atoms with Gasteiger partial charge in [0, 0.05) is 12.2 Å². The van der Waals surface area contributed by atoms with Gasteiger partial charge in [0.05, 0.1) is 0 Å². The number of hydrogen-bond acceptors (Lipinski definition) is 3. The number of fused-ring (bicyclic) bond motifs is 1. The number of aryl methyl sites for hydroxylation is 1. The first-order valence-electron chi connectivity index (χ1n) is 6.44. The van der Waals surface area contributed by atoms with Crippen molar-refractivity contribution >= 4 is 0 Å². The second-order valence-electron chi connectivity index (χ2n) is 4.61. The lowest BCUT2D eigenvalue weighted by atomic mass is 9.96. The summed E-state index contributed by atoms with van der Waals surface area (Å²) in [5.41, 5.74) is 4.97. The molecule has 1 heterocycles. The van der Waals surface area contributed by atoms with Crippen molar-refractivity contribution in [3.05, 3.63) is 27.7 Å². The van der Waals surface area contributed by atoms with Crippen LogP contribution in [0.3, 0.4) is 0 Å². The van der Waals surface area contributed by atoms with Crippen LogP contribution >= 0.6 is 0 Å². The van der Waals surface area contributed by atoms with Crippen molar-refractivity contribution in [2.24, 2.45) is 0 Å². The van der Waals surface area contributed by atoms with Crippen molar-refractivity contribution in [2.75, 3.05) is 12.0 Å². The summed E-state index contributed by atoms with van der Waals surface area (Å²) in [6, 6.07) is 1.63. The Bertz CT molecular complexity index is 451. The van der Waals surface area contributed by atoms with E-state index < -0.39 is 0 Å². The number of pyridine rings is 1. The second-order valence-corrected chi connectivity index (χ2v) is 4.61. The predicted octanol–water partition coefficient (Wildman–Crippen LogP) is 1.78. The number of rotatable bonds is 4. The molecule has 0 saturated heterocycles. The summed E-state index contributed by atoms with van der Waals surface area (Å²) in [6.45, 7) is 2.88. The Hall–Kier alpha value is -1.45. The zero-order valence-electron chi connectivity index (χ0n) is 10.3. The minimum Gasteiger partial charge on any atom is -0.503 e. The van der Waals surface area contributed by atoms with Crippen molar-refractivity contribution < 1.29 is 5.11 Å². The summed E-state index contributed by atoms with van der Waals surface area (Å²) in [5, 5.41) is 9.64. The number of unbranched alkanes of at least 4 members (excludes halogenated alkanes) is 1. The molecule has 0 amide bonds. The molecule has 0 saturated carbocycles. The van der Waals surface area contributed by atoms with E-state index in [4.69, 9.17) is 0 Å². The fourth-order valence-electron chi connectivity index (χ4n) is 2.32. The first-order chi connectivity index (χ1) is 8.24. The van der Waals surface area contributed by atoms with Crippen LogP contribution in [0.5, 0.6) is 5.75 Å². The number of aromatic nitrogens is 1. The smallest absolute Gasteiger partial charge is 0.311 e. The van der Waals surface area contributed by atoms with E-state index in [2.05, 4.69) is 12.3 Å². The van der Waals surface area contributed by atoms with Crippen LogP contribution in [0.2, 0.25) is 0 Å². The number of aromatic hydroxyl groups is 1. The fraction of sp³-hybridized carbons (Fsp3) is 0.615. The van der Waals surface area contributed by atoms with Crippen molar-refractivity contribution in [2.45, 2.75) is 45.4 Å². The van der Waals surface area contributed by atoms with Crippen molar-refractivity contribution in [3.63, 3.8) is 0 Å². The van der Waals surface area contributed by atoms with Crippen LogP contribution in [0, 0.1) is 0 Å². The summed E-state index contributed by atoms with van der Waals surface area (Å²) < 4.78 is 1.56. The molecule has 0 atom stereocenters. The third-order valence-electron chi connectivity index (χ3n) is 3.28. The summed E-state index contributed by atoms with van der Waals surface area (Å²) in [5.74, 6) is -0.144. The molecule has 0 spiro atoms. The molecule has 0 bridgehead atoms. The summed E-state index contributed by atoms with van der Waals surface area (Å²) in [7, 11) is 0. The Balaban J connectivity index is 2.33. The van der Waals surface area contributed by atoms with Gasteiger partial charge >= 0.3 is 5.56 Å². The Morgan fingerprint density at radius 2 is 2.18 bits per heavy atom. The molecule has 1 aromatic rings. The molecule has 0 fully saturated rings. The largest absolute Gasteiger partial charge is 0.503 e. The highest BCUT2D eigenvalue weighted by Gasteiger charge is 2.17. The van der Waals surface area contributed by atoms with E-state index in [0.717, 1.165) is 56.3 Å². The summed E-state index contributed by atoms with van der Waals surface area (Å²) in [6.07, 6.45) is 6.24. The van der Waals surface area contributed by atoms with Crippen LogP contribution in [0.4, 0.5) is 0 Å². The lowest BCUT2D eigenvalue weighted by Gasteiger charge is -2.22. The minimum absolute atomic E-state index is 0.144. The average molecular weight is 236 g/mol. The normalized spacial score (nSPS) is 14.4. The van der Waals surface area contributed by atoms with E-state index in [0.29, 0.717) is 0 Å². The zero-order chi connectivity index (χ0) is 12.3. The van der Waals surface area contributed by atoms with Crippen molar-refractivity contribution in [1.82, 2.24) is 4.68 Å². The first kappa shape index (κ1) is 12.0. The molecule has 2 rings (SSSR count). The zero-order valence-corrected chi connectivity index (χ0v) is 10.3. The molecule has 4 heteroatoms. The minimum atomic E-state index is -0.318. The highest BCUT2D eigenvalue weighted by atomic mass is 16.3. The highest BCUT2D eigenvalue weighted by molar-refractivity contribution is 5.32. The van der Waals surface area contributed by atoms with Crippen LogP contribution in [0.15, 0.2) is 10.9 Å². The molecule has 17 heavy (non-hydrogen) atoms. The third-order valence-corrected chi connectivity index (χ3v) is 3.28. The van der Waals surface area contributed by atoms with Crippen molar-refractivity contribution in [1.29, 1.82) is 0 Å². The van der Waals surface area contributed by atoms with Crippen LogP contribution < -0.4 is 11.0 Å². The molecule has 1 aliphatic rings. The van der Waals surface area contributed by atoms with Gasteiger partial charge in [0.15, 0.2) is 5.75 Å². The monoisotopic (exact) mass is 236 g/mol. The maximum Gasteiger partial charge on any atom is 0.311 e. The molecule has 1 aromatic heterocycles. The van der Waals surface area contributed by atoms with Gasteiger partial charge in [-0.15, -0.1) is 0 Å². The maximum absolute atomic E-state index is 11.9. The van der Waals surface area contributed by atoms with Gasteiger partial charge < -0.3 is 10.5 Å². The topological polar surface area (TPSA) is 54.3 Å². The van der Waals surface area contributed by atoms with E-state index in [-0.39, 0.29) is 11.3 Å². The van der Waals surface area contributed by atoms with Crippen molar-refractivity contribution in [3.8, 4) is 5.75 Å². The van der Waals surface area contributed by atoms with Crippen LogP contribution in [0.1, 0.15) is 43.9 Å². The third kappa shape index (κ3) is 2.46. The van der Waals surface area contributed by atoms with E-state index in [9.17, 15) is 9.90 Å². The Kier molecular flexibility index (Phi) is 3.71. The SMILES string of the molecule is CCCCNn1c2c(cc(O)c1=O)CCCC2. The lowest BCUT2D eigenvalue weighted by Crippen LogP contribution is -2.34. The molecule has 0 aromatic carbocycles. The van der Waals surface area contributed by atoms with E-state index in [1.54, 1.807) is 10.7 Å². The van der Waals surface area contributed by atoms with Gasteiger partial charge in [-0.2, -0.15) is 0 Å². The molecule has 0 aliphatic heterocycles. The molecule has 1 aliphatic carbocycles. The van der Waals surface area contributed by atoms with Gasteiger partial charge in [0.2, 0.25) is 0 Å². The molecule has 2 N–H and O–H groups in total. The number of nitrogens with zero attached hydrogens (tertiary/aromatic N) is 1. The van der Waals surface area contributed by atoms with Gasteiger partial charge in [-0.05, 0) is 43.7 Å². The Morgan fingerprint density at radius 1 is 1.41 bits per heavy atom. The lowest BCUT2D eigenvalue weighted by molar-refractivity contribution is 0.454. The fourth-order valence-corrected chi connectivity index (χ4v) is 2.32. The number of hydrogen-bond donors (Lipinski definition) is 2. The van der Waals surface area contributed by atoms with E-state index in [1.807, 2.05) is 0 Å². The van der Waals surface area contributed by atoms with Crippen LogP contribution in [-0.2, 0) is 12.8 Å². The summed E-state index contributed by atoms with van der Waals surface area (Å²) >= 11 is 0. The number of nitrogens with one attached hydrogen (secondary N) is 1. The molecule has 94 valence electrons. The van der Waals surface area contributed by atoms with Gasteiger partial charge in [0.1, 0.15) is 0 Å². The molecular formula is C13H20N2O2. The molecule has 0 radical (unpaired) electrons. The van der Waals surface area contributed by atoms with E-state index in [1.165, 1.54) is 0 Å². The van der Waals surface area contributed by atoms with Gasteiger partial charge in [-0.1, -0.05) is 13.3 Å². The highest BCUT2D eigenvalue weighted by Crippen LogP contribution is 2.21. The second kappa shape index (κ2) is 5.25. The predicted molar refractivity (Wildman–Crippen MR) is 68.1 cm³/mol. The van der Waals surface area contributed by atoms with Gasteiger partial charge in [-0.25, -0.2) is 4.68 Å².